The fourth-order valence-corrected chi connectivity index (χ4v) is 4.86. The first kappa shape index (κ1) is 21.5. The van der Waals surface area contributed by atoms with Gasteiger partial charge in [0.25, 0.3) is 5.91 Å². The second-order valence-electron chi connectivity index (χ2n) is 8.66. The van der Waals surface area contributed by atoms with Gasteiger partial charge in [-0.2, -0.15) is 0 Å². The molecule has 0 aromatic heterocycles. The van der Waals surface area contributed by atoms with E-state index in [2.05, 4.69) is 0 Å². The van der Waals surface area contributed by atoms with Gasteiger partial charge in [-0.15, -0.1) is 0 Å². The molecule has 2 aliphatic heterocycles. The number of piperazine rings is 1. The van der Waals surface area contributed by atoms with Gasteiger partial charge in [0.2, 0.25) is 5.91 Å². The van der Waals surface area contributed by atoms with Gasteiger partial charge in [0.05, 0.1) is 24.8 Å². The first-order chi connectivity index (χ1) is 14.9. The number of nitrogens with one attached hydrogen (secondary N) is 2. The van der Waals surface area contributed by atoms with E-state index in [1.165, 1.54) is 26.8 Å². The van der Waals surface area contributed by atoms with E-state index in [0.29, 0.717) is 18.0 Å². The molecule has 0 radical (unpaired) electrons. The summed E-state index contributed by atoms with van der Waals surface area (Å²) >= 11 is 0. The lowest BCUT2D eigenvalue weighted by atomic mass is 10.1. The fraction of sp³-hybridized carbons (Fsp3) is 0.417. The molecule has 2 aromatic carbocycles. The third-order valence-corrected chi connectivity index (χ3v) is 6.51. The molecule has 2 aliphatic rings. The zero-order valence-corrected chi connectivity index (χ0v) is 18.3. The zero-order valence-electron chi connectivity index (χ0n) is 18.3. The SMILES string of the molecule is COc1ccc(F)cc1C[NH+]1CC[NH+]([C@@H]2CC(=O)N(c3ccc(C)cc3C)C2=O)CC1. The number of methoxy groups -OCH3 is 1. The van der Waals surface area contributed by atoms with E-state index >= 15 is 0 Å². The monoisotopic (exact) mass is 427 g/mol. The van der Waals surface area contributed by atoms with Crippen molar-refractivity contribution in [2.75, 3.05) is 38.2 Å². The van der Waals surface area contributed by atoms with Gasteiger partial charge in [-0.1, -0.05) is 17.7 Å². The molecule has 0 bridgehead atoms. The molecular weight excluding hydrogens is 397 g/mol. The number of quaternary nitrogens is 2. The first-order valence-electron chi connectivity index (χ1n) is 10.8. The van der Waals surface area contributed by atoms with Crippen LogP contribution in [0.25, 0.3) is 0 Å². The van der Waals surface area contributed by atoms with Gasteiger partial charge in [-0.3, -0.25) is 9.59 Å². The second kappa shape index (κ2) is 8.77. The molecule has 31 heavy (non-hydrogen) atoms. The van der Waals surface area contributed by atoms with Gasteiger partial charge in [0, 0.05) is 0 Å². The van der Waals surface area contributed by atoms with Crippen LogP contribution in [0.2, 0.25) is 0 Å². The van der Waals surface area contributed by atoms with E-state index in [4.69, 9.17) is 4.74 Å². The summed E-state index contributed by atoms with van der Waals surface area (Å²) in [5, 5.41) is 0. The van der Waals surface area contributed by atoms with Gasteiger partial charge in [0.1, 0.15) is 44.3 Å². The Kier molecular flexibility index (Phi) is 6.07. The van der Waals surface area contributed by atoms with E-state index in [-0.39, 0.29) is 30.1 Å². The Morgan fingerprint density at radius 1 is 1.06 bits per heavy atom. The molecule has 2 heterocycles. The number of benzene rings is 2. The lowest BCUT2D eigenvalue weighted by molar-refractivity contribution is -1.02. The van der Waals surface area contributed by atoms with Gasteiger partial charge in [-0.05, 0) is 43.7 Å². The summed E-state index contributed by atoms with van der Waals surface area (Å²) in [6.07, 6.45) is 0.258. The molecule has 0 unspecified atom stereocenters. The van der Waals surface area contributed by atoms with Crippen molar-refractivity contribution >= 4 is 17.5 Å². The number of carbonyl (C=O) groups excluding carboxylic acids is 2. The van der Waals surface area contributed by atoms with Crippen molar-refractivity contribution in [3.8, 4) is 5.75 Å². The quantitative estimate of drug-likeness (QED) is 0.664. The first-order valence-corrected chi connectivity index (χ1v) is 10.8. The van der Waals surface area contributed by atoms with Crippen LogP contribution >= 0.6 is 0 Å². The van der Waals surface area contributed by atoms with E-state index in [9.17, 15) is 14.0 Å². The molecule has 2 aromatic rings. The molecule has 2 amide bonds. The summed E-state index contributed by atoms with van der Waals surface area (Å²) in [4.78, 5) is 29.8. The summed E-state index contributed by atoms with van der Waals surface area (Å²) in [6.45, 7) is 7.94. The van der Waals surface area contributed by atoms with E-state index in [0.717, 1.165) is 42.9 Å². The molecule has 7 heteroatoms. The lowest BCUT2D eigenvalue weighted by Gasteiger charge is -2.32. The average Bonchev–Trinajstić information content (AvgIpc) is 3.03. The smallest absolute Gasteiger partial charge is 0.292 e. The molecule has 1 atom stereocenters. The number of ether oxygens (including phenoxy) is 1. The number of hydrogen-bond donors (Lipinski definition) is 2. The molecule has 0 aliphatic carbocycles. The molecular formula is C24H30FN3O3+2. The van der Waals surface area contributed by atoms with Gasteiger partial charge in [0.15, 0.2) is 6.04 Å². The van der Waals surface area contributed by atoms with Crippen LogP contribution in [0.15, 0.2) is 36.4 Å². The third kappa shape index (κ3) is 4.34. The van der Waals surface area contributed by atoms with E-state index in [1.807, 2.05) is 32.0 Å². The Hall–Kier alpha value is -2.77. The number of nitrogens with zero attached hydrogens (tertiary/aromatic N) is 1. The Balaban J connectivity index is 1.41. The van der Waals surface area contributed by atoms with Gasteiger partial charge >= 0.3 is 0 Å². The molecule has 0 spiro atoms. The summed E-state index contributed by atoms with van der Waals surface area (Å²) < 4.78 is 19.0. The largest absolute Gasteiger partial charge is 0.496 e. The number of hydrogen-bond acceptors (Lipinski definition) is 3. The Morgan fingerprint density at radius 3 is 2.48 bits per heavy atom. The van der Waals surface area contributed by atoms with E-state index < -0.39 is 0 Å². The average molecular weight is 428 g/mol. The number of imide groups is 1. The highest BCUT2D eigenvalue weighted by molar-refractivity contribution is 6.22. The van der Waals surface area contributed by atoms with Crippen LogP contribution in [0.5, 0.6) is 5.75 Å². The van der Waals surface area contributed by atoms with Crippen LogP contribution in [-0.4, -0.2) is 51.1 Å². The van der Waals surface area contributed by atoms with Crippen LogP contribution in [0, 0.1) is 19.7 Å². The minimum Gasteiger partial charge on any atom is -0.496 e. The molecule has 2 fully saturated rings. The molecule has 4 rings (SSSR count). The minimum absolute atomic E-state index is 0.0952. The van der Waals surface area contributed by atoms with Crippen molar-refractivity contribution in [3.63, 3.8) is 0 Å². The maximum atomic E-state index is 13.7. The molecule has 6 nitrogen and oxygen atoms in total. The summed E-state index contributed by atoms with van der Waals surface area (Å²) in [6, 6.07) is 10.1. The lowest BCUT2D eigenvalue weighted by Crippen LogP contribution is -3.29. The van der Waals surface area contributed by atoms with Crippen LogP contribution in [-0.2, 0) is 16.1 Å². The standard InChI is InChI=1S/C24H28FN3O3/c1-16-4-6-20(17(2)12-16)28-23(29)14-21(24(28)30)27-10-8-26(9-11-27)15-18-13-19(25)5-7-22(18)31-3/h4-7,12-13,21H,8-11,14-15H2,1-3H3/p+2/t21-/m1/s1. The number of anilines is 1. The highest BCUT2D eigenvalue weighted by Gasteiger charge is 2.47. The predicted octanol–water partition coefficient (Wildman–Crippen LogP) is 0.0666. The molecule has 164 valence electrons. The molecule has 2 saturated heterocycles. The summed E-state index contributed by atoms with van der Waals surface area (Å²) in [5.74, 6) is 0.223. The van der Waals surface area contributed by atoms with Crippen LogP contribution in [0.3, 0.4) is 0 Å². The fourth-order valence-electron chi connectivity index (χ4n) is 4.86. The number of amides is 2. The Bertz CT molecular complexity index is 1000. The minimum atomic E-state index is -0.321. The van der Waals surface area contributed by atoms with Crippen LogP contribution < -0.4 is 19.4 Å². The predicted molar refractivity (Wildman–Crippen MR) is 115 cm³/mol. The summed E-state index contributed by atoms with van der Waals surface area (Å²) in [5.41, 5.74) is 3.60. The van der Waals surface area contributed by atoms with Gasteiger partial charge in [-0.25, -0.2) is 9.29 Å². The van der Waals surface area contributed by atoms with Crippen molar-refractivity contribution in [1.82, 2.24) is 0 Å². The van der Waals surface area contributed by atoms with Crippen molar-refractivity contribution < 1.29 is 28.5 Å². The number of rotatable bonds is 5. The number of carbonyl (C=O) groups is 2. The van der Waals surface area contributed by atoms with Crippen LogP contribution in [0.4, 0.5) is 10.1 Å². The van der Waals surface area contributed by atoms with E-state index in [1.54, 1.807) is 13.2 Å². The van der Waals surface area contributed by atoms with Crippen molar-refractivity contribution in [1.29, 1.82) is 0 Å². The van der Waals surface area contributed by atoms with Gasteiger partial charge < -0.3 is 14.5 Å². The number of halogens is 1. The molecule has 2 N–H and O–H groups in total. The maximum absolute atomic E-state index is 13.7. The highest BCUT2D eigenvalue weighted by atomic mass is 19.1. The highest BCUT2D eigenvalue weighted by Crippen LogP contribution is 2.26. The zero-order chi connectivity index (χ0) is 22.1. The maximum Gasteiger partial charge on any atom is 0.292 e. The topological polar surface area (TPSA) is 55.5 Å². The van der Waals surface area contributed by atoms with Crippen molar-refractivity contribution in [2.45, 2.75) is 32.9 Å². The van der Waals surface area contributed by atoms with Crippen molar-refractivity contribution in [2.24, 2.45) is 0 Å². The number of aryl methyl sites for hydroxylation is 2. The Labute approximate surface area is 182 Å². The summed E-state index contributed by atoms with van der Waals surface area (Å²) in [7, 11) is 1.60. The Morgan fingerprint density at radius 2 is 1.81 bits per heavy atom. The third-order valence-electron chi connectivity index (χ3n) is 6.51. The van der Waals surface area contributed by atoms with Crippen molar-refractivity contribution in [3.05, 3.63) is 58.9 Å². The molecule has 0 saturated carbocycles. The second-order valence-corrected chi connectivity index (χ2v) is 8.66. The normalized spacial score (nSPS) is 24.0. The van der Waals surface area contributed by atoms with Crippen LogP contribution in [0.1, 0.15) is 23.1 Å².